The van der Waals surface area contributed by atoms with Crippen molar-refractivity contribution in [3.63, 3.8) is 0 Å². The molecular formula is C20H34IN5O2. The molecule has 1 heterocycles. The number of aliphatic imine (C=N–C) groups is 1. The summed E-state index contributed by atoms with van der Waals surface area (Å²) in [5, 5.41) is 9.58. The smallest absolute Gasteiger partial charge is 0.221 e. The first-order chi connectivity index (χ1) is 12.9. The van der Waals surface area contributed by atoms with Gasteiger partial charge in [0.05, 0.1) is 6.54 Å². The first-order valence-electron chi connectivity index (χ1n) is 9.60. The first kappa shape index (κ1) is 24.5. The molecule has 1 aromatic carbocycles. The van der Waals surface area contributed by atoms with Gasteiger partial charge in [-0.25, -0.2) is 0 Å². The molecular weight excluding hydrogens is 469 g/mol. The molecule has 3 N–H and O–H groups in total. The number of amides is 1. The number of halogens is 1. The third-order valence-corrected chi connectivity index (χ3v) is 4.73. The lowest BCUT2D eigenvalue weighted by Gasteiger charge is -2.22. The fourth-order valence-corrected chi connectivity index (χ4v) is 3.19. The molecule has 0 aromatic heterocycles. The van der Waals surface area contributed by atoms with Gasteiger partial charge in [0.2, 0.25) is 5.91 Å². The monoisotopic (exact) mass is 503 g/mol. The van der Waals surface area contributed by atoms with E-state index in [0.717, 1.165) is 30.5 Å². The van der Waals surface area contributed by atoms with Gasteiger partial charge in [0.15, 0.2) is 5.96 Å². The van der Waals surface area contributed by atoms with Gasteiger partial charge in [-0.05, 0) is 31.9 Å². The highest BCUT2D eigenvalue weighted by Gasteiger charge is 2.31. The number of carbonyl (C=O) groups is 1. The Bertz CT molecular complexity index is 653. The number of hydrogen-bond donors (Lipinski definition) is 3. The van der Waals surface area contributed by atoms with Crippen LogP contribution in [0.4, 0.5) is 5.69 Å². The quantitative estimate of drug-likeness (QED) is 0.231. The number of nitrogens with zero attached hydrogens (tertiary/aromatic N) is 2. The maximum absolute atomic E-state index is 11.1. The highest BCUT2D eigenvalue weighted by molar-refractivity contribution is 14.0. The average molecular weight is 503 g/mol. The van der Waals surface area contributed by atoms with E-state index < -0.39 is 0 Å². The molecule has 0 spiro atoms. The predicted octanol–water partition coefficient (Wildman–Crippen LogP) is 2.54. The van der Waals surface area contributed by atoms with Gasteiger partial charge in [-0.15, -0.1) is 24.0 Å². The van der Waals surface area contributed by atoms with Crippen LogP contribution in [0.2, 0.25) is 0 Å². The number of likely N-dealkylation sites (tertiary alicyclic amines) is 1. The summed E-state index contributed by atoms with van der Waals surface area (Å²) in [6.07, 6.45) is 0. The SMILES string of the molecule is CN=C(NCCOc1cccc(NC(C)=O)c1)NC1CN(C(C)C)CC1C.I. The molecule has 1 fully saturated rings. The van der Waals surface area contributed by atoms with Crippen LogP contribution in [-0.4, -0.2) is 62.1 Å². The summed E-state index contributed by atoms with van der Waals surface area (Å²) in [4.78, 5) is 17.9. The molecule has 1 aliphatic heterocycles. The molecule has 1 amide bonds. The molecule has 7 nitrogen and oxygen atoms in total. The summed E-state index contributed by atoms with van der Waals surface area (Å²) < 4.78 is 5.76. The van der Waals surface area contributed by atoms with Crippen molar-refractivity contribution in [2.24, 2.45) is 10.9 Å². The average Bonchev–Trinajstić information content (AvgIpc) is 2.98. The Balaban J connectivity index is 0.00000392. The maximum atomic E-state index is 11.1. The van der Waals surface area contributed by atoms with Crippen molar-refractivity contribution in [2.45, 2.75) is 39.8 Å². The zero-order valence-electron chi connectivity index (χ0n) is 17.5. The molecule has 1 saturated heterocycles. The van der Waals surface area contributed by atoms with E-state index in [2.05, 4.69) is 46.6 Å². The highest BCUT2D eigenvalue weighted by Crippen LogP contribution is 2.19. The van der Waals surface area contributed by atoms with Crippen LogP contribution in [0.1, 0.15) is 27.7 Å². The number of rotatable bonds is 7. The predicted molar refractivity (Wildman–Crippen MR) is 126 cm³/mol. The minimum absolute atomic E-state index is 0. The Morgan fingerprint density at radius 2 is 2.11 bits per heavy atom. The molecule has 2 rings (SSSR count). The zero-order valence-corrected chi connectivity index (χ0v) is 19.8. The van der Waals surface area contributed by atoms with Crippen molar-refractivity contribution in [1.82, 2.24) is 15.5 Å². The van der Waals surface area contributed by atoms with Crippen LogP contribution in [-0.2, 0) is 4.79 Å². The van der Waals surface area contributed by atoms with Crippen LogP contribution in [0.25, 0.3) is 0 Å². The molecule has 158 valence electrons. The second-order valence-corrected chi connectivity index (χ2v) is 7.33. The second-order valence-electron chi connectivity index (χ2n) is 7.33. The van der Waals surface area contributed by atoms with Gasteiger partial charge in [-0.1, -0.05) is 13.0 Å². The number of benzene rings is 1. The Hall–Kier alpha value is -1.55. The molecule has 0 bridgehead atoms. The number of guanidine groups is 1. The van der Waals surface area contributed by atoms with Gasteiger partial charge >= 0.3 is 0 Å². The first-order valence-corrected chi connectivity index (χ1v) is 9.60. The van der Waals surface area contributed by atoms with Gasteiger partial charge in [0, 0.05) is 50.9 Å². The fourth-order valence-electron chi connectivity index (χ4n) is 3.19. The Labute approximate surface area is 185 Å². The molecule has 8 heteroatoms. The third kappa shape index (κ3) is 7.83. The number of nitrogens with one attached hydrogen (secondary N) is 3. The summed E-state index contributed by atoms with van der Waals surface area (Å²) in [6, 6.07) is 8.34. The lowest BCUT2D eigenvalue weighted by Crippen LogP contribution is -2.47. The van der Waals surface area contributed by atoms with Gasteiger partial charge in [0.25, 0.3) is 0 Å². The molecule has 2 atom stereocenters. The number of carbonyl (C=O) groups excluding carboxylic acids is 1. The van der Waals surface area contributed by atoms with E-state index in [1.807, 2.05) is 24.3 Å². The minimum Gasteiger partial charge on any atom is -0.492 e. The van der Waals surface area contributed by atoms with Crippen molar-refractivity contribution in [2.75, 3.05) is 38.6 Å². The van der Waals surface area contributed by atoms with E-state index in [9.17, 15) is 4.79 Å². The molecule has 0 radical (unpaired) electrons. The van der Waals surface area contributed by atoms with Crippen molar-refractivity contribution in [3.8, 4) is 5.75 Å². The van der Waals surface area contributed by atoms with Gasteiger partial charge in [-0.2, -0.15) is 0 Å². The Morgan fingerprint density at radius 3 is 2.71 bits per heavy atom. The van der Waals surface area contributed by atoms with E-state index in [0.29, 0.717) is 31.2 Å². The Morgan fingerprint density at radius 1 is 1.36 bits per heavy atom. The van der Waals surface area contributed by atoms with E-state index in [1.165, 1.54) is 6.92 Å². The second kappa shape index (κ2) is 12.1. The number of anilines is 1. The van der Waals surface area contributed by atoms with E-state index in [4.69, 9.17) is 4.74 Å². The summed E-state index contributed by atoms with van der Waals surface area (Å²) in [5.41, 5.74) is 0.732. The lowest BCUT2D eigenvalue weighted by molar-refractivity contribution is -0.114. The molecule has 0 aliphatic carbocycles. The van der Waals surface area contributed by atoms with Crippen LogP contribution < -0.4 is 20.7 Å². The topological polar surface area (TPSA) is 78.0 Å². The van der Waals surface area contributed by atoms with E-state index >= 15 is 0 Å². The van der Waals surface area contributed by atoms with Crippen LogP contribution in [0.5, 0.6) is 5.75 Å². The normalized spacial score (nSPS) is 19.9. The summed E-state index contributed by atoms with van der Waals surface area (Å²) in [5.74, 6) is 2.01. The largest absolute Gasteiger partial charge is 0.492 e. The maximum Gasteiger partial charge on any atom is 0.221 e. The van der Waals surface area contributed by atoms with E-state index in [-0.39, 0.29) is 29.9 Å². The van der Waals surface area contributed by atoms with Crippen molar-refractivity contribution < 1.29 is 9.53 Å². The molecule has 2 unspecified atom stereocenters. The number of hydrogen-bond acceptors (Lipinski definition) is 4. The van der Waals surface area contributed by atoms with Crippen LogP contribution in [0.15, 0.2) is 29.3 Å². The zero-order chi connectivity index (χ0) is 19.8. The Kier molecular flexibility index (Phi) is 10.6. The fraction of sp³-hybridized carbons (Fsp3) is 0.600. The van der Waals surface area contributed by atoms with Crippen molar-refractivity contribution in [3.05, 3.63) is 24.3 Å². The van der Waals surface area contributed by atoms with Crippen LogP contribution >= 0.6 is 24.0 Å². The molecule has 1 aromatic rings. The van der Waals surface area contributed by atoms with Crippen molar-refractivity contribution >= 4 is 41.5 Å². The highest BCUT2D eigenvalue weighted by atomic mass is 127. The van der Waals surface area contributed by atoms with Crippen LogP contribution in [0.3, 0.4) is 0 Å². The number of ether oxygens (including phenoxy) is 1. The van der Waals surface area contributed by atoms with Crippen LogP contribution in [0, 0.1) is 5.92 Å². The summed E-state index contributed by atoms with van der Waals surface area (Å²) >= 11 is 0. The third-order valence-electron chi connectivity index (χ3n) is 4.73. The standard InChI is InChI=1S/C20H33N5O2.HI/c1-14(2)25-12-15(3)19(13-25)24-20(21-5)22-9-10-27-18-8-6-7-17(11-18)23-16(4)26;/h6-8,11,14-15,19H,9-10,12-13H2,1-5H3,(H,23,26)(H2,21,22,24);1H. The molecule has 0 saturated carbocycles. The van der Waals surface area contributed by atoms with Gasteiger partial charge in [-0.3, -0.25) is 14.7 Å². The van der Waals surface area contributed by atoms with E-state index in [1.54, 1.807) is 7.05 Å². The summed E-state index contributed by atoms with van der Waals surface area (Å²) in [7, 11) is 1.78. The minimum atomic E-state index is -0.0964. The lowest BCUT2D eigenvalue weighted by atomic mass is 10.1. The van der Waals surface area contributed by atoms with Gasteiger partial charge in [0.1, 0.15) is 12.4 Å². The van der Waals surface area contributed by atoms with Gasteiger partial charge < -0.3 is 20.7 Å². The molecule has 1 aliphatic rings. The van der Waals surface area contributed by atoms with Crippen molar-refractivity contribution in [1.29, 1.82) is 0 Å². The molecule has 28 heavy (non-hydrogen) atoms. The summed E-state index contributed by atoms with van der Waals surface area (Å²) in [6.45, 7) is 11.5.